The Balaban J connectivity index is 2.07. The SMILES string of the molecule is CC1=CC(C)C(O)C(C)/C=C/C(O)C/C=C(/C)C(=O)CC(O)C(C)\C=C/C=C/C=C\C(=O)NC2=C(O)c3cc(C)c(O)c(c3C(=O)C2=O)C1=O. The number of carbonyl (C=O) groups is 5. The van der Waals surface area contributed by atoms with Crippen LogP contribution in [-0.4, -0.2) is 72.9 Å². The molecular formula is C39H45NO10. The van der Waals surface area contributed by atoms with Gasteiger partial charge in [-0.3, -0.25) is 24.0 Å². The van der Waals surface area contributed by atoms with E-state index in [0.29, 0.717) is 5.57 Å². The number of phenols is 1. The topological polar surface area (TPSA) is 199 Å². The lowest BCUT2D eigenvalue weighted by Crippen LogP contribution is -2.35. The Morgan fingerprint density at radius 3 is 2.06 bits per heavy atom. The molecule has 6 atom stereocenters. The summed E-state index contributed by atoms with van der Waals surface area (Å²) in [5.41, 5.74) is -1.36. The van der Waals surface area contributed by atoms with Crippen LogP contribution in [0.1, 0.15) is 79.3 Å². The van der Waals surface area contributed by atoms with Gasteiger partial charge in [-0.25, -0.2) is 0 Å². The number of aliphatic hydroxyl groups excluding tert-OH is 4. The molecule has 3 aliphatic rings. The maximum atomic E-state index is 13.7. The fourth-order valence-electron chi connectivity index (χ4n) is 5.53. The number of hydrogen-bond acceptors (Lipinski definition) is 10. The van der Waals surface area contributed by atoms with Gasteiger partial charge in [-0.1, -0.05) is 75.5 Å². The van der Waals surface area contributed by atoms with Crippen molar-refractivity contribution < 1.29 is 49.5 Å². The van der Waals surface area contributed by atoms with Crippen molar-refractivity contribution in [2.45, 2.75) is 72.7 Å². The third kappa shape index (κ3) is 9.38. The lowest BCUT2D eigenvalue weighted by Gasteiger charge is -2.23. The largest absolute Gasteiger partial charge is 0.507 e. The highest BCUT2D eigenvalue weighted by Crippen LogP contribution is 2.37. The number of phenolic OH excluding ortho intramolecular Hbond substituents is 1. The summed E-state index contributed by atoms with van der Waals surface area (Å²) >= 11 is 0. The molecule has 0 fully saturated rings. The number of benzene rings is 1. The number of carbonyl (C=O) groups excluding carboxylic acids is 5. The first kappa shape index (κ1) is 39.5. The highest BCUT2D eigenvalue weighted by molar-refractivity contribution is 6.53. The van der Waals surface area contributed by atoms with Crippen molar-refractivity contribution in [3.8, 4) is 5.75 Å². The number of aliphatic hydroxyl groups is 4. The Hall–Kier alpha value is -4.97. The van der Waals surface area contributed by atoms with Crippen LogP contribution in [0.3, 0.4) is 0 Å². The fourth-order valence-corrected chi connectivity index (χ4v) is 5.53. The van der Waals surface area contributed by atoms with Crippen LogP contribution in [0, 0.1) is 24.7 Å². The highest BCUT2D eigenvalue weighted by atomic mass is 16.3. The lowest BCUT2D eigenvalue weighted by molar-refractivity contribution is -0.118. The number of nitrogens with one attached hydrogen (secondary N) is 1. The number of aryl methyl sites for hydroxylation is 1. The van der Waals surface area contributed by atoms with Gasteiger partial charge in [-0.05, 0) is 50.0 Å². The minimum absolute atomic E-state index is 0.0421. The average molecular weight is 688 g/mol. The van der Waals surface area contributed by atoms with E-state index in [9.17, 15) is 49.5 Å². The molecule has 2 heterocycles. The first-order chi connectivity index (χ1) is 23.5. The van der Waals surface area contributed by atoms with E-state index in [2.05, 4.69) is 5.32 Å². The number of allylic oxidation sites excluding steroid dienone is 7. The first-order valence-corrected chi connectivity index (χ1v) is 16.3. The normalized spacial score (nSPS) is 30.3. The molecule has 1 amide bonds. The van der Waals surface area contributed by atoms with Crippen molar-refractivity contribution in [3.63, 3.8) is 0 Å². The fraction of sp³-hybridized carbons (Fsp3) is 0.359. The summed E-state index contributed by atoms with van der Waals surface area (Å²) in [7, 11) is 0. The zero-order valence-corrected chi connectivity index (χ0v) is 29.0. The minimum Gasteiger partial charge on any atom is -0.507 e. The number of amides is 1. The molecule has 4 bridgehead atoms. The molecule has 0 aromatic heterocycles. The molecule has 11 heteroatoms. The summed E-state index contributed by atoms with van der Waals surface area (Å²) in [5, 5.41) is 56.2. The molecule has 0 spiro atoms. The Kier molecular flexibility index (Phi) is 13.5. The molecule has 50 heavy (non-hydrogen) atoms. The molecular weight excluding hydrogens is 642 g/mol. The summed E-state index contributed by atoms with van der Waals surface area (Å²) in [4.78, 5) is 65.5. The third-order valence-corrected chi connectivity index (χ3v) is 8.81. The van der Waals surface area contributed by atoms with Crippen molar-refractivity contribution in [3.05, 3.63) is 106 Å². The minimum atomic E-state index is -1.29. The van der Waals surface area contributed by atoms with E-state index in [-0.39, 0.29) is 35.3 Å². The second-order valence-corrected chi connectivity index (χ2v) is 12.9. The quantitative estimate of drug-likeness (QED) is 0.167. The third-order valence-electron chi connectivity index (χ3n) is 8.81. The Morgan fingerprint density at radius 1 is 0.720 bits per heavy atom. The zero-order chi connectivity index (χ0) is 37.4. The number of fused-ring (bicyclic) bond motifs is 18. The van der Waals surface area contributed by atoms with Gasteiger partial charge in [0.05, 0.1) is 29.4 Å². The van der Waals surface area contributed by atoms with Crippen molar-refractivity contribution in [2.75, 3.05) is 0 Å². The van der Waals surface area contributed by atoms with Gasteiger partial charge in [0, 0.05) is 35.8 Å². The average Bonchev–Trinajstić information content (AvgIpc) is 3.07. The summed E-state index contributed by atoms with van der Waals surface area (Å²) in [6, 6.07) is 1.23. The smallest absolute Gasteiger partial charge is 0.253 e. The second kappa shape index (κ2) is 17.1. The molecule has 266 valence electrons. The molecule has 4 rings (SSSR count). The molecule has 1 aromatic rings. The maximum absolute atomic E-state index is 13.7. The molecule has 1 aliphatic carbocycles. The van der Waals surface area contributed by atoms with Crippen LogP contribution >= 0.6 is 0 Å². The Labute approximate surface area is 291 Å². The van der Waals surface area contributed by atoms with E-state index >= 15 is 0 Å². The van der Waals surface area contributed by atoms with Crippen LogP contribution in [0.5, 0.6) is 5.75 Å². The predicted octanol–water partition coefficient (Wildman–Crippen LogP) is 4.46. The molecule has 0 saturated heterocycles. The van der Waals surface area contributed by atoms with Crippen LogP contribution < -0.4 is 5.32 Å². The Morgan fingerprint density at radius 2 is 1.38 bits per heavy atom. The second-order valence-electron chi connectivity index (χ2n) is 12.9. The summed E-state index contributed by atoms with van der Waals surface area (Å²) in [6.07, 6.45) is 11.9. The van der Waals surface area contributed by atoms with Gasteiger partial charge in [0.2, 0.25) is 11.7 Å². The Bertz CT molecular complexity index is 1770. The summed E-state index contributed by atoms with van der Waals surface area (Å²) < 4.78 is 0. The van der Waals surface area contributed by atoms with Crippen molar-refractivity contribution >= 4 is 34.8 Å². The van der Waals surface area contributed by atoms with Crippen LogP contribution in [0.15, 0.2) is 83.7 Å². The standard InChI is InChI=1S/C39H45NO10/c1-20-11-9-7-8-10-12-30(44)40-33-37(48)27-18-25(6)36(47)32(31(27)38(49)39(33)50)35(46)24(5)17-23(4)34(45)22(3)14-16-26(41)15-13-21(2)29(43)19-28(20)42/h7-14,16-18,20,22-23,26,28,34,41-42,45,47-48H,15,19H2,1-6H3,(H,40,44)/b8-7+,11-9-,12-10-,16-14+,21-13-,24-17?. The maximum Gasteiger partial charge on any atom is 0.253 e. The number of hydrogen-bond donors (Lipinski definition) is 6. The summed E-state index contributed by atoms with van der Waals surface area (Å²) in [6.45, 7) is 9.57. The number of Topliss-reactive ketones (excluding diaryl/α,β-unsaturated/α-hetero) is 4. The van der Waals surface area contributed by atoms with Crippen LogP contribution in [-0.2, 0) is 14.4 Å². The monoisotopic (exact) mass is 687 g/mol. The molecule has 1 aromatic carbocycles. The first-order valence-electron chi connectivity index (χ1n) is 16.3. The van der Waals surface area contributed by atoms with E-state index in [4.69, 9.17) is 0 Å². The molecule has 0 radical (unpaired) electrons. The number of aromatic hydroxyl groups is 1. The zero-order valence-electron chi connectivity index (χ0n) is 29.0. The van der Waals surface area contributed by atoms with Crippen molar-refractivity contribution in [1.82, 2.24) is 5.32 Å². The van der Waals surface area contributed by atoms with Gasteiger partial charge in [0.1, 0.15) is 11.4 Å². The van der Waals surface area contributed by atoms with Crippen LogP contribution in [0.25, 0.3) is 5.76 Å². The molecule has 2 aliphatic heterocycles. The van der Waals surface area contributed by atoms with Gasteiger partial charge in [-0.15, -0.1) is 0 Å². The predicted molar refractivity (Wildman–Crippen MR) is 188 cm³/mol. The van der Waals surface area contributed by atoms with Gasteiger partial charge >= 0.3 is 0 Å². The number of ketones is 4. The van der Waals surface area contributed by atoms with Gasteiger partial charge in [0.15, 0.2) is 17.3 Å². The van der Waals surface area contributed by atoms with E-state index in [1.54, 1.807) is 58.1 Å². The summed E-state index contributed by atoms with van der Waals surface area (Å²) in [5.74, 6) is -7.27. The van der Waals surface area contributed by atoms with Crippen molar-refractivity contribution in [1.29, 1.82) is 0 Å². The molecule has 11 nitrogen and oxygen atoms in total. The highest BCUT2D eigenvalue weighted by Gasteiger charge is 2.39. The van der Waals surface area contributed by atoms with E-state index in [0.717, 1.165) is 6.08 Å². The van der Waals surface area contributed by atoms with E-state index in [1.165, 1.54) is 44.2 Å². The van der Waals surface area contributed by atoms with E-state index in [1.807, 2.05) is 0 Å². The molecule has 6 N–H and O–H groups in total. The van der Waals surface area contributed by atoms with Crippen molar-refractivity contribution in [2.24, 2.45) is 17.8 Å². The lowest BCUT2D eigenvalue weighted by atomic mass is 9.82. The molecule has 6 unspecified atom stereocenters. The number of rotatable bonds is 0. The van der Waals surface area contributed by atoms with Crippen LogP contribution in [0.4, 0.5) is 0 Å². The van der Waals surface area contributed by atoms with Gasteiger partial charge in [0.25, 0.3) is 5.78 Å². The van der Waals surface area contributed by atoms with Gasteiger partial charge < -0.3 is 30.8 Å². The molecule has 0 saturated carbocycles. The van der Waals surface area contributed by atoms with E-state index < -0.39 is 87.7 Å². The van der Waals surface area contributed by atoms with Gasteiger partial charge in [-0.2, -0.15) is 0 Å². The van der Waals surface area contributed by atoms with Crippen LogP contribution in [0.2, 0.25) is 0 Å².